The summed E-state index contributed by atoms with van der Waals surface area (Å²) in [5.74, 6) is 3.15. The number of ether oxygens (including phenoxy) is 4. The predicted octanol–water partition coefficient (Wildman–Crippen LogP) is 6.33. The molecule has 0 radical (unpaired) electrons. The predicted molar refractivity (Wildman–Crippen MR) is 123 cm³/mol. The SMILES string of the molecule is COc1ccc2c(ccc3c(OC)c(OC)c4ccc5cc(OC)ccc5c4c32)c1. The second-order valence-corrected chi connectivity index (χ2v) is 7.22. The molecule has 0 fully saturated rings. The standard InChI is InChI=1S/C26H22O4/c1-27-17-7-11-19-15(13-17)5-9-21-23(19)24-20-12-8-18(28-2)14-16(20)6-10-22(24)26(30-4)25(21)29-3/h5-14H,1-4H3. The molecular formula is C26H22O4. The molecule has 0 amide bonds. The highest BCUT2D eigenvalue weighted by Crippen LogP contribution is 2.48. The maximum absolute atomic E-state index is 5.83. The Morgan fingerprint density at radius 2 is 0.833 bits per heavy atom. The molecule has 5 rings (SSSR count). The van der Waals surface area contributed by atoms with Gasteiger partial charge in [0.05, 0.1) is 28.4 Å². The van der Waals surface area contributed by atoms with Crippen molar-refractivity contribution in [1.82, 2.24) is 0 Å². The van der Waals surface area contributed by atoms with Gasteiger partial charge in [-0.1, -0.05) is 24.3 Å². The van der Waals surface area contributed by atoms with Gasteiger partial charge in [-0.3, -0.25) is 0 Å². The van der Waals surface area contributed by atoms with Crippen LogP contribution < -0.4 is 18.9 Å². The van der Waals surface area contributed by atoms with Crippen molar-refractivity contribution in [2.24, 2.45) is 0 Å². The number of hydrogen-bond donors (Lipinski definition) is 0. The second-order valence-electron chi connectivity index (χ2n) is 7.22. The molecule has 150 valence electrons. The molecule has 0 bridgehead atoms. The molecule has 5 aromatic rings. The van der Waals surface area contributed by atoms with Gasteiger partial charge in [-0.25, -0.2) is 0 Å². The summed E-state index contributed by atoms with van der Waals surface area (Å²) in [6.07, 6.45) is 0. The van der Waals surface area contributed by atoms with E-state index in [1.54, 1.807) is 28.4 Å². The monoisotopic (exact) mass is 398 g/mol. The zero-order chi connectivity index (χ0) is 20.8. The number of fused-ring (bicyclic) bond motifs is 7. The highest BCUT2D eigenvalue weighted by molar-refractivity contribution is 6.30. The first-order chi connectivity index (χ1) is 14.7. The lowest BCUT2D eigenvalue weighted by atomic mass is 9.91. The van der Waals surface area contributed by atoms with Gasteiger partial charge in [0.15, 0.2) is 11.5 Å². The van der Waals surface area contributed by atoms with Crippen LogP contribution in [0, 0.1) is 0 Å². The van der Waals surface area contributed by atoms with Crippen LogP contribution >= 0.6 is 0 Å². The average Bonchev–Trinajstić information content (AvgIpc) is 2.81. The van der Waals surface area contributed by atoms with E-state index in [0.717, 1.165) is 66.1 Å². The van der Waals surface area contributed by atoms with Gasteiger partial charge >= 0.3 is 0 Å². The van der Waals surface area contributed by atoms with Crippen LogP contribution in [0.15, 0.2) is 60.7 Å². The van der Waals surface area contributed by atoms with Gasteiger partial charge in [-0.2, -0.15) is 0 Å². The van der Waals surface area contributed by atoms with E-state index in [1.807, 2.05) is 12.1 Å². The van der Waals surface area contributed by atoms with Crippen LogP contribution in [-0.4, -0.2) is 28.4 Å². The first kappa shape index (κ1) is 18.4. The summed E-state index contributed by atoms with van der Waals surface area (Å²) in [7, 11) is 6.75. The van der Waals surface area contributed by atoms with Gasteiger partial charge in [-0.15, -0.1) is 0 Å². The maximum atomic E-state index is 5.83. The summed E-state index contributed by atoms with van der Waals surface area (Å²) in [6, 6.07) is 20.7. The first-order valence-electron chi connectivity index (χ1n) is 9.75. The van der Waals surface area contributed by atoms with Crippen LogP contribution in [0.2, 0.25) is 0 Å². The molecule has 0 atom stereocenters. The lowest BCUT2D eigenvalue weighted by Gasteiger charge is -2.18. The minimum absolute atomic E-state index is 0.741. The van der Waals surface area contributed by atoms with Crippen molar-refractivity contribution in [3.8, 4) is 23.0 Å². The van der Waals surface area contributed by atoms with Crippen molar-refractivity contribution in [1.29, 1.82) is 0 Å². The van der Waals surface area contributed by atoms with E-state index < -0.39 is 0 Å². The number of rotatable bonds is 4. The Labute approximate surface area is 174 Å². The molecule has 0 heterocycles. The highest BCUT2D eigenvalue weighted by Gasteiger charge is 2.19. The molecule has 0 aliphatic carbocycles. The maximum Gasteiger partial charge on any atom is 0.169 e. The van der Waals surface area contributed by atoms with Crippen molar-refractivity contribution in [2.75, 3.05) is 28.4 Å². The minimum Gasteiger partial charge on any atom is -0.497 e. The lowest BCUT2D eigenvalue weighted by molar-refractivity contribution is 0.362. The topological polar surface area (TPSA) is 36.9 Å². The fourth-order valence-corrected chi connectivity index (χ4v) is 4.44. The lowest BCUT2D eigenvalue weighted by Crippen LogP contribution is -1.95. The molecule has 0 aromatic heterocycles. The molecule has 0 spiro atoms. The number of benzene rings is 5. The zero-order valence-electron chi connectivity index (χ0n) is 17.4. The third kappa shape index (κ3) is 2.53. The van der Waals surface area contributed by atoms with Gasteiger partial charge in [0.1, 0.15) is 11.5 Å². The Balaban J connectivity index is 2.09. The van der Waals surface area contributed by atoms with Crippen LogP contribution in [0.3, 0.4) is 0 Å². The molecule has 4 nitrogen and oxygen atoms in total. The smallest absolute Gasteiger partial charge is 0.169 e. The van der Waals surface area contributed by atoms with Gasteiger partial charge in [0.25, 0.3) is 0 Å². The summed E-state index contributed by atoms with van der Waals surface area (Å²) in [5.41, 5.74) is 0. The third-order valence-electron chi connectivity index (χ3n) is 5.81. The van der Waals surface area contributed by atoms with E-state index in [0.29, 0.717) is 0 Å². The van der Waals surface area contributed by atoms with E-state index in [4.69, 9.17) is 18.9 Å². The van der Waals surface area contributed by atoms with E-state index in [1.165, 1.54) is 0 Å². The van der Waals surface area contributed by atoms with Crippen LogP contribution in [0.1, 0.15) is 0 Å². The molecule has 0 unspecified atom stereocenters. The molecule has 0 saturated heterocycles. The van der Waals surface area contributed by atoms with Crippen molar-refractivity contribution < 1.29 is 18.9 Å². The molecule has 0 aliphatic heterocycles. The van der Waals surface area contributed by atoms with E-state index in [-0.39, 0.29) is 0 Å². The summed E-state index contributed by atoms with van der Waals surface area (Å²) >= 11 is 0. The molecule has 4 heteroatoms. The van der Waals surface area contributed by atoms with Crippen molar-refractivity contribution in [2.45, 2.75) is 0 Å². The summed E-state index contributed by atoms with van der Waals surface area (Å²) < 4.78 is 22.5. The second kappa shape index (κ2) is 6.99. The van der Waals surface area contributed by atoms with Crippen LogP contribution in [0.5, 0.6) is 23.0 Å². The molecule has 0 aliphatic rings. The van der Waals surface area contributed by atoms with Crippen LogP contribution in [0.4, 0.5) is 0 Å². The van der Waals surface area contributed by atoms with Crippen molar-refractivity contribution in [3.05, 3.63) is 60.7 Å². The van der Waals surface area contributed by atoms with E-state index in [9.17, 15) is 0 Å². The van der Waals surface area contributed by atoms with E-state index in [2.05, 4.69) is 48.5 Å². The average molecular weight is 398 g/mol. The zero-order valence-corrected chi connectivity index (χ0v) is 17.4. The Hall–Kier alpha value is -3.66. The molecular weight excluding hydrogens is 376 g/mol. The van der Waals surface area contributed by atoms with Crippen LogP contribution in [0.25, 0.3) is 43.1 Å². The molecule has 5 aromatic carbocycles. The van der Waals surface area contributed by atoms with Crippen molar-refractivity contribution >= 4 is 43.1 Å². The normalized spacial score (nSPS) is 11.3. The van der Waals surface area contributed by atoms with Crippen molar-refractivity contribution in [3.63, 3.8) is 0 Å². The Kier molecular flexibility index (Phi) is 4.28. The fraction of sp³-hybridized carbons (Fsp3) is 0.154. The van der Waals surface area contributed by atoms with Gasteiger partial charge in [-0.05, 0) is 57.9 Å². The first-order valence-corrected chi connectivity index (χ1v) is 9.75. The highest BCUT2D eigenvalue weighted by atomic mass is 16.5. The number of hydrogen-bond acceptors (Lipinski definition) is 4. The molecule has 0 N–H and O–H groups in total. The largest absolute Gasteiger partial charge is 0.497 e. The van der Waals surface area contributed by atoms with E-state index >= 15 is 0 Å². The summed E-state index contributed by atoms with van der Waals surface area (Å²) in [4.78, 5) is 0. The van der Waals surface area contributed by atoms with Gasteiger partial charge in [0, 0.05) is 21.5 Å². The van der Waals surface area contributed by atoms with Crippen LogP contribution in [-0.2, 0) is 0 Å². The Morgan fingerprint density at radius 1 is 0.433 bits per heavy atom. The van der Waals surface area contributed by atoms with Gasteiger partial charge < -0.3 is 18.9 Å². The molecule has 30 heavy (non-hydrogen) atoms. The number of methoxy groups -OCH3 is 4. The quantitative estimate of drug-likeness (QED) is 0.331. The summed E-state index contributed by atoms with van der Waals surface area (Å²) in [6.45, 7) is 0. The van der Waals surface area contributed by atoms with Gasteiger partial charge in [0.2, 0.25) is 0 Å². The Bertz CT molecular complexity index is 1330. The fourth-order valence-electron chi connectivity index (χ4n) is 4.44. The summed E-state index contributed by atoms with van der Waals surface area (Å²) in [5, 5.41) is 8.81. The Morgan fingerprint density at radius 3 is 1.20 bits per heavy atom. The molecule has 0 saturated carbocycles. The third-order valence-corrected chi connectivity index (χ3v) is 5.81. The minimum atomic E-state index is 0.741.